The summed E-state index contributed by atoms with van der Waals surface area (Å²) < 4.78 is 37.8. The van der Waals surface area contributed by atoms with E-state index < -0.39 is 22.0 Å². The van der Waals surface area contributed by atoms with Crippen LogP contribution in [0.5, 0.6) is 11.5 Å². The third kappa shape index (κ3) is 5.57. The molecule has 1 atom stereocenters. The van der Waals surface area contributed by atoms with Crippen molar-refractivity contribution < 1.29 is 22.7 Å². The van der Waals surface area contributed by atoms with E-state index >= 15 is 0 Å². The Morgan fingerprint density at radius 3 is 2.30 bits per heavy atom. The SMILES string of the molecule is CCN(CC)S(=O)(=O)c1ccc(OC)c(NC(=O)C(C)Oc2ccc(Cl)cc2Cl)c1. The molecule has 164 valence electrons. The Hall–Kier alpha value is -2.00. The van der Waals surface area contributed by atoms with E-state index in [1.54, 1.807) is 32.9 Å². The number of carbonyl (C=O) groups is 1. The van der Waals surface area contributed by atoms with Crippen LogP contribution in [-0.2, 0) is 14.8 Å². The van der Waals surface area contributed by atoms with Crippen molar-refractivity contribution in [2.24, 2.45) is 0 Å². The van der Waals surface area contributed by atoms with Crippen LogP contribution in [0.4, 0.5) is 5.69 Å². The summed E-state index contributed by atoms with van der Waals surface area (Å²) in [5.74, 6) is 0.115. The fourth-order valence-electron chi connectivity index (χ4n) is 2.71. The van der Waals surface area contributed by atoms with Crippen molar-refractivity contribution in [2.45, 2.75) is 31.8 Å². The second-order valence-corrected chi connectivity index (χ2v) is 9.06. The van der Waals surface area contributed by atoms with E-state index in [0.717, 1.165) is 0 Å². The van der Waals surface area contributed by atoms with Crippen LogP contribution in [0.15, 0.2) is 41.3 Å². The number of sulfonamides is 1. The molecule has 2 rings (SSSR count). The van der Waals surface area contributed by atoms with E-state index in [1.165, 1.54) is 35.7 Å². The van der Waals surface area contributed by atoms with Gasteiger partial charge in [0.05, 0.1) is 22.7 Å². The second-order valence-electron chi connectivity index (χ2n) is 6.28. The predicted molar refractivity (Wildman–Crippen MR) is 118 cm³/mol. The van der Waals surface area contributed by atoms with Crippen LogP contribution in [0.25, 0.3) is 0 Å². The third-order valence-electron chi connectivity index (χ3n) is 4.34. The van der Waals surface area contributed by atoms with Crippen LogP contribution in [-0.4, -0.2) is 44.9 Å². The molecule has 0 spiro atoms. The normalized spacial score (nSPS) is 12.5. The minimum absolute atomic E-state index is 0.0524. The number of methoxy groups -OCH3 is 1. The van der Waals surface area contributed by atoms with E-state index in [-0.39, 0.29) is 15.6 Å². The number of ether oxygens (including phenoxy) is 2. The molecule has 0 aromatic heterocycles. The summed E-state index contributed by atoms with van der Waals surface area (Å²) in [6, 6.07) is 8.97. The van der Waals surface area contributed by atoms with Gasteiger partial charge in [0.15, 0.2) is 6.10 Å². The Kier molecular flexibility index (Phi) is 8.37. The summed E-state index contributed by atoms with van der Waals surface area (Å²) in [5, 5.41) is 3.37. The highest BCUT2D eigenvalue weighted by atomic mass is 35.5. The molecule has 10 heteroatoms. The van der Waals surface area contributed by atoms with Crippen molar-refractivity contribution in [3.63, 3.8) is 0 Å². The zero-order chi connectivity index (χ0) is 22.5. The maximum atomic E-state index is 12.8. The molecule has 0 aliphatic heterocycles. The van der Waals surface area contributed by atoms with E-state index in [4.69, 9.17) is 32.7 Å². The van der Waals surface area contributed by atoms with Gasteiger partial charge in [-0.1, -0.05) is 37.0 Å². The minimum atomic E-state index is -3.70. The molecule has 0 aliphatic rings. The molecule has 0 saturated heterocycles. The molecule has 0 bridgehead atoms. The van der Waals surface area contributed by atoms with Crippen LogP contribution in [0.2, 0.25) is 10.0 Å². The minimum Gasteiger partial charge on any atom is -0.495 e. The van der Waals surface area contributed by atoms with Crippen molar-refractivity contribution >= 4 is 44.8 Å². The average molecular weight is 475 g/mol. The van der Waals surface area contributed by atoms with Crippen molar-refractivity contribution in [3.8, 4) is 11.5 Å². The van der Waals surface area contributed by atoms with Crippen LogP contribution in [0.1, 0.15) is 20.8 Å². The first-order valence-corrected chi connectivity index (χ1v) is 11.4. The number of hydrogen-bond acceptors (Lipinski definition) is 5. The lowest BCUT2D eigenvalue weighted by Gasteiger charge is -2.20. The molecular weight excluding hydrogens is 451 g/mol. The Morgan fingerprint density at radius 1 is 1.10 bits per heavy atom. The van der Waals surface area contributed by atoms with Gasteiger partial charge in [-0.25, -0.2) is 8.42 Å². The zero-order valence-electron chi connectivity index (χ0n) is 17.1. The monoisotopic (exact) mass is 474 g/mol. The van der Waals surface area contributed by atoms with Gasteiger partial charge in [-0.2, -0.15) is 4.31 Å². The van der Waals surface area contributed by atoms with Crippen LogP contribution in [0.3, 0.4) is 0 Å². The molecule has 7 nitrogen and oxygen atoms in total. The van der Waals surface area contributed by atoms with E-state index in [1.807, 2.05) is 0 Å². The number of nitrogens with zero attached hydrogens (tertiary/aromatic N) is 1. The molecule has 0 heterocycles. The number of rotatable bonds is 9. The van der Waals surface area contributed by atoms with Gasteiger partial charge < -0.3 is 14.8 Å². The van der Waals surface area contributed by atoms with Gasteiger partial charge in [0.1, 0.15) is 11.5 Å². The van der Waals surface area contributed by atoms with E-state index in [9.17, 15) is 13.2 Å². The molecule has 2 aromatic carbocycles. The van der Waals surface area contributed by atoms with Crippen molar-refractivity contribution in [2.75, 3.05) is 25.5 Å². The van der Waals surface area contributed by atoms with Crippen LogP contribution < -0.4 is 14.8 Å². The molecule has 1 unspecified atom stereocenters. The Bertz CT molecular complexity index is 1010. The van der Waals surface area contributed by atoms with Crippen LogP contribution >= 0.6 is 23.2 Å². The number of hydrogen-bond donors (Lipinski definition) is 1. The third-order valence-corrected chi connectivity index (χ3v) is 6.92. The quantitative estimate of drug-likeness (QED) is 0.580. The standard InChI is InChI=1S/C20H24Cl2N2O5S/c1-5-24(6-2)30(26,27)15-8-10-19(28-4)17(12-15)23-20(25)13(3)29-18-9-7-14(21)11-16(18)22/h7-13H,5-6H2,1-4H3,(H,23,25). The van der Waals surface area contributed by atoms with Gasteiger partial charge in [-0.05, 0) is 43.3 Å². The highest BCUT2D eigenvalue weighted by Gasteiger charge is 2.24. The fourth-order valence-corrected chi connectivity index (χ4v) is 4.64. The van der Waals surface area contributed by atoms with Crippen molar-refractivity contribution in [1.29, 1.82) is 0 Å². The summed E-state index contributed by atoms with van der Waals surface area (Å²) in [6.07, 6.45) is -0.920. The van der Waals surface area contributed by atoms with E-state index in [0.29, 0.717) is 29.6 Å². The Balaban J connectivity index is 2.26. The largest absolute Gasteiger partial charge is 0.495 e. The smallest absolute Gasteiger partial charge is 0.265 e. The Labute approximate surface area is 186 Å². The molecule has 1 amide bonds. The number of halogens is 2. The summed E-state index contributed by atoms with van der Waals surface area (Å²) >= 11 is 11.9. The van der Waals surface area contributed by atoms with Gasteiger partial charge in [0, 0.05) is 18.1 Å². The van der Waals surface area contributed by atoms with Crippen molar-refractivity contribution in [3.05, 3.63) is 46.4 Å². The van der Waals surface area contributed by atoms with Gasteiger partial charge in [-0.3, -0.25) is 4.79 Å². The summed E-state index contributed by atoms with van der Waals surface area (Å²) in [4.78, 5) is 12.7. The maximum Gasteiger partial charge on any atom is 0.265 e. The average Bonchev–Trinajstić information content (AvgIpc) is 2.70. The maximum absolute atomic E-state index is 12.8. The Morgan fingerprint density at radius 2 is 1.73 bits per heavy atom. The summed E-state index contributed by atoms with van der Waals surface area (Å²) in [6.45, 7) is 5.73. The first-order chi connectivity index (χ1) is 14.1. The summed E-state index contributed by atoms with van der Waals surface area (Å²) in [7, 11) is -2.27. The molecule has 0 radical (unpaired) electrons. The first kappa shape index (κ1) is 24.3. The second kappa shape index (κ2) is 10.3. The lowest BCUT2D eigenvalue weighted by atomic mass is 10.2. The summed E-state index contributed by atoms with van der Waals surface area (Å²) in [5.41, 5.74) is 0.216. The number of amides is 1. The predicted octanol–water partition coefficient (Wildman–Crippen LogP) is 4.44. The van der Waals surface area contributed by atoms with Gasteiger partial charge in [0.25, 0.3) is 5.91 Å². The van der Waals surface area contributed by atoms with Gasteiger partial charge >= 0.3 is 0 Å². The molecule has 0 aliphatic carbocycles. The number of anilines is 1. The van der Waals surface area contributed by atoms with E-state index in [2.05, 4.69) is 5.32 Å². The molecular formula is C20H24Cl2N2O5S. The lowest BCUT2D eigenvalue weighted by molar-refractivity contribution is -0.122. The molecule has 2 aromatic rings. The topological polar surface area (TPSA) is 84.9 Å². The van der Waals surface area contributed by atoms with Crippen molar-refractivity contribution in [1.82, 2.24) is 4.31 Å². The van der Waals surface area contributed by atoms with Crippen LogP contribution in [0, 0.1) is 0 Å². The molecule has 0 fully saturated rings. The number of nitrogens with one attached hydrogen (secondary N) is 1. The highest BCUT2D eigenvalue weighted by molar-refractivity contribution is 7.89. The molecule has 1 N–H and O–H groups in total. The van der Waals surface area contributed by atoms with Gasteiger partial charge in [0.2, 0.25) is 10.0 Å². The zero-order valence-corrected chi connectivity index (χ0v) is 19.4. The van der Waals surface area contributed by atoms with Gasteiger partial charge in [-0.15, -0.1) is 0 Å². The fraction of sp³-hybridized carbons (Fsp3) is 0.350. The number of carbonyl (C=O) groups excluding carboxylic acids is 1. The highest BCUT2D eigenvalue weighted by Crippen LogP contribution is 2.31. The molecule has 30 heavy (non-hydrogen) atoms. The lowest BCUT2D eigenvalue weighted by Crippen LogP contribution is -2.31. The number of benzene rings is 2. The first-order valence-electron chi connectivity index (χ1n) is 9.24. The molecule has 0 saturated carbocycles.